The Bertz CT molecular complexity index is 454. The molecule has 1 aromatic carbocycles. The number of benzene rings is 1. The molecule has 2 atom stereocenters. The van der Waals surface area contributed by atoms with Gasteiger partial charge in [0.2, 0.25) is 0 Å². The minimum absolute atomic E-state index is 0.516. The third kappa shape index (κ3) is 3.36. The van der Waals surface area contributed by atoms with Gasteiger partial charge in [-0.25, -0.2) is 0 Å². The van der Waals surface area contributed by atoms with Crippen molar-refractivity contribution in [2.75, 3.05) is 19.6 Å². The van der Waals surface area contributed by atoms with E-state index in [1.165, 1.54) is 56.4 Å². The molecule has 1 saturated heterocycles. The minimum atomic E-state index is 0.516. The summed E-state index contributed by atoms with van der Waals surface area (Å²) >= 11 is 6.08. The zero-order valence-corrected chi connectivity index (χ0v) is 13.1. The van der Waals surface area contributed by atoms with Crippen molar-refractivity contribution < 1.29 is 0 Å². The van der Waals surface area contributed by atoms with E-state index in [4.69, 9.17) is 11.6 Å². The van der Waals surface area contributed by atoms with Crippen molar-refractivity contribution in [3.05, 3.63) is 34.3 Å². The van der Waals surface area contributed by atoms with Crippen molar-refractivity contribution in [2.24, 2.45) is 0 Å². The zero-order valence-electron chi connectivity index (χ0n) is 12.4. The summed E-state index contributed by atoms with van der Waals surface area (Å²) in [6.45, 7) is 6.06. The summed E-state index contributed by atoms with van der Waals surface area (Å²) in [7, 11) is 0. The molecule has 1 aliphatic carbocycles. The molecule has 2 nitrogen and oxygen atoms in total. The largest absolute Gasteiger partial charge is 0.306 e. The summed E-state index contributed by atoms with van der Waals surface area (Å²) < 4.78 is 0. The van der Waals surface area contributed by atoms with Crippen LogP contribution in [-0.2, 0) is 6.42 Å². The van der Waals surface area contributed by atoms with Crippen LogP contribution in [0.3, 0.4) is 0 Å². The van der Waals surface area contributed by atoms with Crippen molar-refractivity contribution in [3.8, 4) is 0 Å². The number of fused-ring (bicyclic) bond motifs is 1. The van der Waals surface area contributed by atoms with Crippen LogP contribution in [0.2, 0.25) is 5.02 Å². The summed E-state index contributed by atoms with van der Waals surface area (Å²) in [6, 6.07) is 7.43. The number of nitrogens with zero attached hydrogens (tertiary/aromatic N) is 1. The number of aryl methyl sites for hydroxylation is 1. The predicted octanol–water partition coefficient (Wildman–Crippen LogP) is 3.79. The van der Waals surface area contributed by atoms with E-state index in [0.29, 0.717) is 12.1 Å². The summed E-state index contributed by atoms with van der Waals surface area (Å²) in [6.07, 6.45) is 6.52. The third-order valence-corrected chi connectivity index (χ3v) is 4.88. The fourth-order valence-electron chi connectivity index (χ4n) is 3.68. The molecule has 3 heteroatoms. The number of piperidine rings is 1. The first-order valence-corrected chi connectivity index (χ1v) is 8.37. The lowest BCUT2D eigenvalue weighted by atomic mass is 10.1. The molecule has 1 aromatic rings. The normalized spacial score (nSPS) is 24.6. The predicted molar refractivity (Wildman–Crippen MR) is 85.4 cm³/mol. The first kappa shape index (κ1) is 14.4. The first-order valence-electron chi connectivity index (χ1n) is 7.99. The molecule has 0 aromatic heterocycles. The van der Waals surface area contributed by atoms with Crippen LogP contribution in [0.15, 0.2) is 18.2 Å². The Morgan fingerprint density at radius 3 is 2.90 bits per heavy atom. The fourth-order valence-corrected chi connectivity index (χ4v) is 3.88. The van der Waals surface area contributed by atoms with Gasteiger partial charge in [-0.1, -0.05) is 24.1 Å². The minimum Gasteiger partial charge on any atom is -0.306 e. The van der Waals surface area contributed by atoms with Crippen molar-refractivity contribution in [1.82, 2.24) is 10.2 Å². The average Bonchev–Trinajstić information content (AvgIpc) is 2.82. The van der Waals surface area contributed by atoms with Gasteiger partial charge in [0.25, 0.3) is 0 Å². The quantitative estimate of drug-likeness (QED) is 0.908. The molecule has 1 N–H and O–H groups in total. The molecule has 110 valence electrons. The molecule has 2 aliphatic rings. The van der Waals surface area contributed by atoms with Crippen LogP contribution < -0.4 is 5.32 Å². The van der Waals surface area contributed by atoms with Crippen LogP contribution >= 0.6 is 11.6 Å². The molecule has 1 heterocycles. The maximum atomic E-state index is 6.08. The van der Waals surface area contributed by atoms with E-state index in [1.54, 1.807) is 0 Å². The van der Waals surface area contributed by atoms with E-state index in [1.807, 2.05) is 6.07 Å². The number of rotatable bonds is 4. The van der Waals surface area contributed by atoms with Gasteiger partial charge in [-0.3, -0.25) is 0 Å². The molecule has 0 saturated carbocycles. The smallest absolute Gasteiger partial charge is 0.0408 e. The van der Waals surface area contributed by atoms with E-state index in [-0.39, 0.29) is 0 Å². The molecular weight excluding hydrogens is 268 g/mol. The number of halogens is 1. The van der Waals surface area contributed by atoms with E-state index in [2.05, 4.69) is 29.3 Å². The first-order chi connectivity index (χ1) is 9.72. The van der Waals surface area contributed by atoms with Gasteiger partial charge >= 0.3 is 0 Å². The Hall–Kier alpha value is -0.570. The van der Waals surface area contributed by atoms with Crippen molar-refractivity contribution in [3.63, 3.8) is 0 Å². The van der Waals surface area contributed by atoms with Gasteiger partial charge in [0, 0.05) is 23.7 Å². The maximum Gasteiger partial charge on any atom is 0.0408 e. The van der Waals surface area contributed by atoms with Gasteiger partial charge in [-0.2, -0.15) is 0 Å². The number of nitrogens with one attached hydrogen (secondary N) is 1. The second-order valence-corrected chi connectivity index (χ2v) is 6.80. The number of hydrogen-bond donors (Lipinski definition) is 1. The zero-order chi connectivity index (χ0) is 13.9. The van der Waals surface area contributed by atoms with Gasteiger partial charge in [0.05, 0.1) is 0 Å². The molecular formula is C17H25ClN2. The van der Waals surface area contributed by atoms with Gasteiger partial charge in [-0.05, 0) is 69.0 Å². The molecule has 0 bridgehead atoms. The summed E-state index contributed by atoms with van der Waals surface area (Å²) in [5.74, 6) is 0. The highest BCUT2D eigenvalue weighted by molar-refractivity contribution is 6.30. The summed E-state index contributed by atoms with van der Waals surface area (Å²) in [5.41, 5.74) is 2.89. The van der Waals surface area contributed by atoms with Crippen molar-refractivity contribution >= 4 is 11.6 Å². The second-order valence-electron chi connectivity index (χ2n) is 6.36. The van der Waals surface area contributed by atoms with Gasteiger partial charge in [0.15, 0.2) is 0 Å². The van der Waals surface area contributed by atoms with E-state index < -0.39 is 0 Å². The van der Waals surface area contributed by atoms with Crippen molar-refractivity contribution in [2.45, 2.75) is 51.1 Å². The van der Waals surface area contributed by atoms with Crippen LogP contribution in [0.25, 0.3) is 0 Å². The van der Waals surface area contributed by atoms with Gasteiger partial charge < -0.3 is 10.2 Å². The molecule has 1 aliphatic heterocycles. The molecule has 0 amide bonds. The van der Waals surface area contributed by atoms with Gasteiger partial charge in [-0.15, -0.1) is 0 Å². The SMILES string of the molecule is CC(CN1CCCCC1)NC1CCc2cc(Cl)ccc21. The Balaban J connectivity index is 1.56. The van der Waals surface area contributed by atoms with Crippen LogP contribution in [0, 0.1) is 0 Å². The molecule has 0 radical (unpaired) electrons. The summed E-state index contributed by atoms with van der Waals surface area (Å²) in [5, 5.41) is 4.68. The number of hydrogen-bond acceptors (Lipinski definition) is 2. The lowest BCUT2D eigenvalue weighted by Gasteiger charge is -2.30. The van der Waals surface area contributed by atoms with E-state index in [0.717, 1.165) is 11.4 Å². The Kier molecular flexibility index (Phi) is 4.65. The van der Waals surface area contributed by atoms with Gasteiger partial charge in [0.1, 0.15) is 0 Å². The molecule has 20 heavy (non-hydrogen) atoms. The topological polar surface area (TPSA) is 15.3 Å². The van der Waals surface area contributed by atoms with Crippen LogP contribution in [0.1, 0.15) is 49.8 Å². The molecule has 1 fully saturated rings. The Labute approximate surface area is 127 Å². The van der Waals surface area contributed by atoms with Crippen LogP contribution in [0.5, 0.6) is 0 Å². The lowest BCUT2D eigenvalue weighted by molar-refractivity contribution is 0.204. The lowest BCUT2D eigenvalue weighted by Crippen LogP contribution is -2.42. The highest BCUT2D eigenvalue weighted by Crippen LogP contribution is 2.33. The highest BCUT2D eigenvalue weighted by Gasteiger charge is 2.24. The molecule has 0 spiro atoms. The second kappa shape index (κ2) is 6.46. The standard InChI is InChI=1S/C17H25ClN2/c1-13(12-20-9-3-2-4-10-20)19-17-8-5-14-11-15(18)6-7-16(14)17/h6-7,11,13,17,19H,2-5,8-10,12H2,1H3. The summed E-state index contributed by atoms with van der Waals surface area (Å²) in [4.78, 5) is 2.61. The molecule has 2 unspecified atom stereocenters. The van der Waals surface area contributed by atoms with E-state index in [9.17, 15) is 0 Å². The fraction of sp³-hybridized carbons (Fsp3) is 0.647. The van der Waals surface area contributed by atoms with Crippen molar-refractivity contribution in [1.29, 1.82) is 0 Å². The molecule has 3 rings (SSSR count). The van der Waals surface area contributed by atoms with E-state index >= 15 is 0 Å². The van der Waals surface area contributed by atoms with Crippen LogP contribution in [0.4, 0.5) is 0 Å². The highest BCUT2D eigenvalue weighted by atomic mass is 35.5. The van der Waals surface area contributed by atoms with Crippen LogP contribution in [-0.4, -0.2) is 30.6 Å². The monoisotopic (exact) mass is 292 g/mol. The maximum absolute atomic E-state index is 6.08. The third-order valence-electron chi connectivity index (χ3n) is 4.65. The Morgan fingerprint density at radius 2 is 2.10 bits per heavy atom. The average molecular weight is 293 g/mol. The Morgan fingerprint density at radius 1 is 1.30 bits per heavy atom. The number of likely N-dealkylation sites (tertiary alicyclic amines) is 1.